The average Bonchev–Trinajstić information content (AvgIpc) is 2.75. The highest BCUT2D eigenvalue weighted by molar-refractivity contribution is 8.20. The first kappa shape index (κ1) is 25.7. The van der Waals surface area contributed by atoms with Gasteiger partial charge in [0, 0.05) is 35.9 Å². The van der Waals surface area contributed by atoms with Crippen molar-refractivity contribution < 1.29 is 14.5 Å². The Labute approximate surface area is 208 Å². The lowest BCUT2D eigenvalue weighted by Crippen LogP contribution is -2.42. The van der Waals surface area contributed by atoms with Crippen LogP contribution in [0.1, 0.15) is 39.7 Å². The first-order valence-electron chi connectivity index (χ1n) is 11.0. The Kier molecular flexibility index (Phi) is 7.99. The summed E-state index contributed by atoms with van der Waals surface area (Å²) in [6.07, 6.45) is 3.04. The third kappa shape index (κ3) is 6.80. The van der Waals surface area contributed by atoms with Gasteiger partial charge in [0.1, 0.15) is 6.61 Å². The van der Waals surface area contributed by atoms with Crippen molar-refractivity contribution in [1.82, 2.24) is 5.32 Å². The molecule has 2 unspecified atom stereocenters. The molecule has 0 aromatic heterocycles. The molecular formula is C25H31N3O4S2. The first-order chi connectivity index (χ1) is 16.0. The molecule has 2 aromatic carbocycles. The van der Waals surface area contributed by atoms with Crippen LogP contribution in [0.4, 0.5) is 11.4 Å². The smallest absolute Gasteiger partial charge is 0.302 e. The van der Waals surface area contributed by atoms with Crippen LogP contribution < -0.4 is 10.6 Å². The number of non-ortho nitro benzene ring substituents is 1. The van der Waals surface area contributed by atoms with Crippen LogP contribution in [0.15, 0.2) is 65.7 Å². The molecule has 7 nitrogen and oxygen atoms in total. The van der Waals surface area contributed by atoms with Crippen LogP contribution in [0, 0.1) is 15.5 Å². The number of benzene rings is 2. The molecule has 34 heavy (non-hydrogen) atoms. The maximum Gasteiger partial charge on any atom is 0.302 e. The van der Waals surface area contributed by atoms with E-state index in [1.807, 2.05) is 18.2 Å². The summed E-state index contributed by atoms with van der Waals surface area (Å²) in [7, 11) is -0.667. The van der Waals surface area contributed by atoms with Crippen LogP contribution in [0.5, 0.6) is 0 Å². The molecule has 0 fully saturated rings. The standard InChI is InChI=1S/C25H31N3O4S2/c1-18(29)32-17-25(4)14-22(27-23(33)26-20-10-12-21(13-11-20)28(30)31)34(24(2,3)16-25)15-19-8-6-5-7-9-19/h5-14,34H,15-17H2,1-4H3,(H2,26,27,33). The number of nitro benzene ring substituents is 1. The van der Waals surface area contributed by atoms with Gasteiger partial charge in [0.15, 0.2) is 5.11 Å². The molecule has 0 amide bonds. The Hall–Kier alpha value is -2.91. The molecule has 1 aliphatic rings. The van der Waals surface area contributed by atoms with Gasteiger partial charge in [-0.3, -0.25) is 14.9 Å². The second kappa shape index (κ2) is 10.6. The van der Waals surface area contributed by atoms with E-state index in [9.17, 15) is 14.9 Å². The number of anilines is 1. The van der Waals surface area contributed by atoms with E-state index in [1.165, 1.54) is 24.6 Å². The van der Waals surface area contributed by atoms with Gasteiger partial charge in [-0.25, -0.2) is 10.9 Å². The fraction of sp³-hybridized carbons (Fsp3) is 0.360. The molecule has 0 radical (unpaired) electrons. The van der Waals surface area contributed by atoms with Crippen LogP contribution in [0.2, 0.25) is 0 Å². The Bertz CT molecular complexity index is 1090. The number of hydrogen-bond donors (Lipinski definition) is 3. The molecule has 1 aliphatic heterocycles. The van der Waals surface area contributed by atoms with Gasteiger partial charge in [0.25, 0.3) is 5.69 Å². The average molecular weight is 502 g/mol. The molecule has 3 rings (SSSR count). The minimum Gasteiger partial charge on any atom is -0.465 e. The topological polar surface area (TPSA) is 93.5 Å². The van der Waals surface area contributed by atoms with Gasteiger partial charge in [-0.15, -0.1) is 0 Å². The Morgan fingerprint density at radius 1 is 1.12 bits per heavy atom. The Balaban J connectivity index is 1.86. The maximum absolute atomic E-state index is 11.5. The van der Waals surface area contributed by atoms with Crippen molar-refractivity contribution in [3.8, 4) is 0 Å². The lowest BCUT2D eigenvalue weighted by atomic mass is 9.81. The highest BCUT2D eigenvalue weighted by Crippen LogP contribution is 2.58. The van der Waals surface area contributed by atoms with Crippen molar-refractivity contribution >= 4 is 45.6 Å². The minimum absolute atomic E-state index is 0.0220. The van der Waals surface area contributed by atoms with Crippen molar-refractivity contribution in [1.29, 1.82) is 0 Å². The molecule has 0 aliphatic carbocycles. The highest BCUT2D eigenvalue weighted by atomic mass is 32.2. The fourth-order valence-corrected chi connectivity index (χ4v) is 7.74. The van der Waals surface area contributed by atoms with Crippen LogP contribution in [0.3, 0.4) is 0 Å². The summed E-state index contributed by atoms with van der Waals surface area (Å²) in [5, 5.41) is 18.9. The molecule has 2 N–H and O–H groups in total. The Morgan fingerprint density at radius 3 is 2.35 bits per heavy atom. The molecule has 9 heteroatoms. The van der Waals surface area contributed by atoms with Crippen LogP contribution in [0.25, 0.3) is 0 Å². The van der Waals surface area contributed by atoms with Crippen molar-refractivity contribution in [2.24, 2.45) is 5.41 Å². The second-order valence-corrected chi connectivity index (χ2v) is 12.7. The predicted molar refractivity (Wildman–Crippen MR) is 143 cm³/mol. The number of nitrogens with one attached hydrogen (secondary N) is 2. The predicted octanol–water partition coefficient (Wildman–Crippen LogP) is 5.68. The lowest BCUT2D eigenvalue weighted by molar-refractivity contribution is -0.384. The molecule has 1 heterocycles. The van der Waals surface area contributed by atoms with E-state index in [1.54, 1.807) is 12.1 Å². The highest BCUT2D eigenvalue weighted by Gasteiger charge is 2.42. The van der Waals surface area contributed by atoms with Crippen molar-refractivity contribution in [3.05, 3.63) is 81.4 Å². The molecule has 0 spiro atoms. The normalized spacial score (nSPS) is 22.2. The van der Waals surface area contributed by atoms with E-state index in [0.29, 0.717) is 17.4 Å². The number of thiol groups is 1. The number of rotatable bonds is 7. The lowest BCUT2D eigenvalue weighted by Gasteiger charge is -2.49. The zero-order valence-electron chi connectivity index (χ0n) is 19.8. The summed E-state index contributed by atoms with van der Waals surface area (Å²) in [5.41, 5.74) is 1.60. The number of carbonyl (C=O) groups excluding carboxylic acids is 1. The maximum atomic E-state index is 11.5. The number of esters is 1. The van der Waals surface area contributed by atoms with E-state index in [-0.39, 0.29) is 21.8 Å². The summed E-state index contributed by atoms with van der Waals surface area (Å²) in [6.45, 7) is 8.34. The number of ether oxygens (including phenoxy) is 1. The van der Waals surface area contributed by atoms with Gasteiger partial charge in [0.05, 0.1) is 9.95 Å². The Morgan fingerprint density at radius 2 is 1.76 bits per heavy atom. The van der Waals surface area contributed by atoms with Crippen molar-refractivity contribution in [2.45, 2.75) is 44.6 Å². The summed E-state index contributed by atoms with van der Waals surface area (Å²) in [4.78, 5) is 22.0. The summed E-state index contributed by atoms with van der Waals surface area (Å²) in [5.74, 6) is 0.598. The SMILES string of the molecule is CC(=O)OCC1(C)C=C(NC(=S)Nc2ccc([N+](=O)[O-])cc2)[SH](Cc2ccccc2)C(C)(C)C1. The molecule has 2 aromatic rings. The molecular weight excluding hydrogens is 470 g/mol. The van der Waals surface area contributed by atoms with E-state index in [4.69, 9.17) is 17.0 Å². The van der Waals surface area contributed by atoms with Gasteiger partial charge in [-0.2, -0.15) is 0 Å². The minimum atomic E-state index is -0.667. The van der Waals surface area contributed by atoms with Gasteiger partial charge < -0.3 is 15.4 Å². The number of carbonyl (C=O) groups is 1. The van der Waals surface area contributed by atoms with Gasteiger partial charge in [-0.1, -0.05) is 51.1 Å². The van der Waals surface area contributed by atoms with E-state index >= 15 is 0 Å². The largest absolute Gasteiger partial charge is 0.465 e. The zero-order valence-corrected chi connectivity index (χ0v) is 21.5. The summed E-state index contributed by atoms with van der Waals surface area (Å²) < 4.78 is 5.36. The number of nitrogens with zero attached hydrogens (tertiary/aromatic N) is 1. The van der Waals surface area contributed by atoms with Crippen LogP contribution in [-0.2, 0) is 15.3 Å². The third-order valence-electron chi connectivity index (χ3n) is 5.71. The van der Waals surface area contributed by atoms with Crippen LogP contribution >= 0.6 is 23.1 Å². The zero-order chi connectivity index (χ0) is 24.9. The monoisotopic (exact) mass is 501 g/mol. The molecule has 0 saturated heterocycles. The van der Waals surface area contributed by atoms with Crippen molar-refractivity contribution in [3.63, 3.8) is 0 Å². The number of nitro groups is 1. The van der Waals surface area contributed by atoms with Gasteiger partial charge >= 0.3 is 5.97 Å². The molecule has 182 valence electrons. The van der Waals surface area contributed by atoms with Crippen molar-refractivity contribution in [2.75, 3.05) is 11.9 Å². The van der Waals surface area contributed by atoms with Crippen LogP contribution in [-0.4, -0.2) is 27.4 Å². The molecule has 2 atom stereocenters. The van der Waals surface area contributed by atoms with E-state index < -0.39 is 15.8 Å². The summed E-state index contributed by atoms with van der Waals surface area (Å²) in [6, 6.07) is 16.5. The fourth-order valence-electron chi connectivity index (χ4n) is 4.34. The number of hydrogen-bond acceptors (Lipinski definition) is 5. The van der Waals surface area contributed by atoms with Gasteiger partial charge in [-0.05, 0) is 47.2 Å². The second-order valence-electron chi connectivity index (χ2n) is 9.41. The van der Waals surface area contributed by atoms with E-state index in [2.05, 4.69) is 49.6 Å². The quantitative estimate of drug-likeness (QED) is 0.148. The summed E-state index contributed by atoms with van der Waals surface area (Å²) >= 11 is 5.60. The number of thiocarbonyl (C=S) groups is 1. The van der Waals surface area contributed by atoms with Gasteiger partial charge in [0.2, 0.25) is 0 Å². The third-order valence-corrected chi connectivity index (χ3v) is 9.04. The molecule has 0 bridgehead atoms. The van der Waals surface area contributed by atoms with E-state index in [0.717, 1.165) is 17.2 Å². The first-order valence-corrected chi connectivity index (χ1v) is 12.9. The molecule has 0 saturated carbocycles.